The van der Waals surface area contributed by atoms with Crippen molar-refractivity contribution in [2.24, 2.45) is 5.41 Å². The molecule has 1 aromatic rings. The molecule has 0 spiro atoms. The zero-order chi connectivity index (χ0) is 16.2. The van der Waals surface area contributed by atoms with Gasteiger partial charge in [0, 0.05) is 12.1 Å². The zero-order valence-electron chi connectivity index (χ0n) is 12.2. The van der Waals surface area contributed by atoms with Crippen molar-refractivity contribution in [1.82, 2.24) is 0 Å². The maximum absolute atomic E-state index is 12.3. The topological polar surface area (TPSA) is 66.4 Å². The molecule has 1 aliphatic rings. The fraction of sp³-hybridized carbons (Fsp3) is 0.500. The molecule has 120 valence electrons. The first-order chi connectivity index (χ1) is 10.4. The van der Waals surface area contributed by atoms with Gasteiger partial charge in [0.25, 0.3) is 0 Å². The average Bonchev–Trinajstić information content (AvgIpc) is 2.42. The number of halogens is 2. The van der Waals surface area contributed by atoms with Crippen LogP contribution in [0.1, 0.15) is 44.9 Å². The van der Waals surface area contributed by atoms with E-state index >= 15 is 0 Å². The van der Waals surface area contributed by atoms with Crippen molar-refractivity contribution in [1.29, 1.82) is 0 Å². The highest BCUT2D eigenvalue weighted by atomic mass is 35.5. The summed E-state index contributed by atoms with van der Waals surface area (Å²) in [6.07, 6.45) is 4.90. The molecule has 1 amide bonds. The molecule has 0 unspecified atom stereocenters. The van der Waals surface area contributed by atoms with Gasteiger partial charge in [-0.25, -0.2) is 0 Å². The van der Waals surface area contributed by atoms with Gasteiger partial charge in [0.1, 0.15) is 0 Å². The Morgan fingerprint density at radius 3 is 2.36 bits per heavy atom. The third-order valence-corrected chi connectivity index (χ3v) is 4.92. The fourth-order valence-corrected chi connectivity index (χ4v) is 3.46. The van der Waals surface area contributed by atoms with Gasteiger partial charge in [0.05, 0.1) is 16.5 Å². The number of rotatable bonds is 5. The predicted molar refractivity (Wildman–Crippen MR) is 87.5 cm³/mol. The number of carboxylic acid groups (broad SMARTS) is 1. The van der Waals surface area contributed by atoms with Crippen LogP contribution in [0.4, 0.5) is 5.69 Å². The SMILES string of the molecule is O=C(O)CC1(CC(=O)Nc2ccc(Cl)c(Cl)c2)CCCCC1. The molecule has 2 N–H and O–H groups in total. The van der Waals surface area contributed by atoms with Crippen LogP contribution in [0.15, 0.2) is 18.2 Å². The van der Waals surface area contributed by atoms with E-state index in [1.54, 1.807) is 18.2 Å². The van der Waals surface area contributed by atoms with Gasteiger partial charge in [-0.2, -0.15) is 0 Å². The zero-order valence-corrected chi connectivity index (χ0v) is 13.7. The average molecular weight is 344 g/mol. The van der Waals surface area contributed by atoms with Crippen molar-refractivity contribution in [3.05, 3.63) is 28.2 Å². The van der Waals surface area contributed by atoms with Gasteiger partial charge in [-0.1, -0.05) is 42.5 Å². The normalized spacial score (nSPS) is 17.0. The van der Waals surface area contributed by atoms with Crippen LogP contribution in [0.2, 0.25) is 10.0 Å². The molecule has 0 aromatic heterocycles. The molecule has 0 radical (unpaired) electrons. The molecule has 1 aromatic carbocycles. The maximum Gasteiger partial charge on any atom is 0.303 e. The van der Waals surface area contributed by atoms with Crippen LogP contribution in [-0.4, -0.2) is 17.0 Å². The van der Waals surface area contributed by atoms with Crippen molar-refractivity contribution in [3.8, 4) is 0 Å². The summed E-state index contributed by atoms with van der Waals surface area (Å²) in [5.41, 5.74) is 0.144. The van der Waals surface area contributed by atoms with Crippen LogP contribution in [-0.2, 0) is 9.59 Å². The number of hydrogen-bond donors (Lipinski definition) is 2. The second-order valence-electron chi connectivity index (χ2n) is 5.99. The van der Waals surface area contributed by atoms with E-state index in [4.69, 9.17) is 28.3 Å². The Morgan fingerprint density at radius 1 is 1.09 bits per heavy atom. The number of nitrogens with one attached hydrogen (secondary N) is 1. The second kappa shape index (κ2) is 7.34. The molecule has 0 heterocycles. The maximum atomic E-state index is 12.3. The van der Waals surface area contributed by atoms with Gasteiger partial charge in [-0.3, -0.25) is 9.59 Å². The van der Waals surface area contributed by atoms with Crippen molar-refractivity contribution < 1.29 is 14.7 Å². The highest BCUT2D eigenvalue weighted by Gasteiger charge is 2.36. The minimum absolute atomic E-state index is 0.0434. The lowest BCUT2D eigenvalue weighted by atomic mass is 9.69. The summed E-state index contributed by atoms with van der Waals surface area (Å²) < 4.78 is 0. The van der Waals surface area contributed by atoms with E-state index in [-0.39, 0.29) is 18.7 Å². The Kier molecular flexibility index (Phi) is 5.70. The number of carbonyl (C=O) groups excluding carboxylic acids is 1. The molecule has 2 rings (SSSR count). The largest absolute Gasteiger partial charge is 0.481 e. The third kappa shape index (κ3) is 4.62. The Bertz CT molecular complexity index is 569. The molecule has 0 bridgehead atoms. The van der Waals surface area contributed by atoms with E-state index in [0.29, 0.717) is 15.7 Å². The smallest absolute Gasteiger partial charge is 0.303 e. The Labute approximate surface area is 139 Å². The van der Waals surface area contributed by atoms with E-state index in [2.05, 4.69) is 5.32 Å². The molecule has 6 heteroatoms. The quantitative estimate of drug-likeness (QED) is 0.810. The van der Waals surface area contributed by atoms with E-state index in [1.165, 1.54) is 0 Å². The van der Waals surface area contributed by atoms with Crippen molar-refractivity contribution in [3.63, 3.8) is 0 Å². The minimum atomic E-state index is -0.843. The lowest BCUT2D eigenvalue weighted by molar-refractivity contribution is -0.140. The first-order valence-electron chi connectivity index (χ1n) is 7.37. The van der Waals surface area contributed by atoms with Crippen LogP contribution >= 0.6 is 23.2 Å². The number of anilines is 1. The van der Waals surface area contributed by atoms with Crippen LogP contribution in [0.5, 0.6) is 0 Å². The van der Waals surface area contributed by atoms with Crippen LogP contribution in [0.3, 0.4) is 0 Å². The molecular weight excluding hydrogens is 325 g/mol. The lowest BCUT2D eigenvalue weighted by Gasteiger charge is -2.35. The molecule has 22 heavy (non-hydrogen) atoms. The van der Waals surface area contributed by atoms with Gasteiger partial charge in [0.15, 0.2) is 0 Å². The number of hydrogen-bond acceptors (Lipinski definition) is 2. The summed E-state index contributed by atoms with van der Waals surface area (Å²) in [6, 6.07) is 4.89. The second-order valence-corrected chi connectivity index (χ2v) is 6.80. The molecule has 1 saturated carbocycles. The monoisotopic (exact) mass is 343 g/mol. The molecule has 0 atom stereocenters. The molecule has 1 fully saturated rings. The molecule has 0 saturated heterocycles. The number of benzene rings is 1. The van der Waals surface area contributed by atoms with E-state index in [1.807, 2.05) is 0 Å². The van der Waals surface area contributed by atoms with Crippen molar-refractivity contribution in [2.75, 3.05) is 5.32 Å². The van der Waals surface area contributed by atoms with Gasteiger partial charge < -0.3 is 10.4 Å². The van der Waals surface area contributed by atoms with Crippen molar-refractivity contribution >= 4 is 40.8 Å². The predicted octanol–water partition coefficient (Wildman–Crippen LogP) is 4.75. The van der Waals surface area contributed by atoms with E-state index in [9.17, 15) is 9.59 Å². The number of aliphatic carboxylic acids is 1. The van der Waals surface area contributed by atoms with E-state index in [0.717, 1.165) is 32.1 Å². The number of carboxylic acids is 1. The fourth-order valence-electron chi connectivity index (χ4n) is 3.16. The molecule has 0 aliphatic heterocycles. The van der Waals surface area contributed by atoms with Gasteiger partial charge in [-0.15, -0.1) is 0 Å². The lowest BCUT2D eigenvalue weighted by Crippen LogP contribution is -2.32. The Hall–Kier alpha value is -1.26. The van der Waals surface area contributed by atoms with Gasteiger partial charge in [0.2, 0.25) is 5.91 Å². The third-order valence-electron chi connectivity index (χ3n) is 4.18. The summed E-state index contributed by atoms with van der Waals surface area (Å²) in [5, 5.41) is 12.7. The first kappa shape index (κ1) is 17.1. The Morgan fingerprint density at radius 2 is 1.77 bits per heavy atom. The minimum Gasteiger partial charge on any atom is -0.481 e. The number of amides is 1. The molecule has 4 nitrogen and oxygen atoms in total. The summed E-state index contributed by atoms with van der Waals surface area (Å²) in [6.45, 7) is 0. The summed E-state index contributed by atoms with van der Waals surface area (Å²) >= 11 is 11.8. The first-order valence-corrected chi connectivity index (χ1v) is 8.13. The highest BCUT2D eigenvalue weighted by Crippen LogP contribution is 2.42. The van der Waals surface area contributed by atoms with Gasteiger partial charge >= 0.3 is 5.97 Å². The summed E-state index contributed by atoms with van der Waals surface area (Å²) in [7, 11) is 0. The van der Waals surface area contributed by atoms with Crippen LogP contribution in [0.25, 0.3) is 0 Å². The molecular formula is C16H19Cl2NO3. The van der Waals surface area contributed by atoms with Crippen LogP contribution < -0.4 is 5.32 Å². The summed E-state index contributed by atoms with van der Waals surface area (Å²) in [5.74, 6) is -1.02. The Balaban J connectivity index is 2.04. The van der Waals surface area contributed by atoms with E-state index < -0.39 is 11.4 Å². The van der Waals surface area contributed by atoms with Crippen LogP contribution in [0, 0.1) is 5.41 Å². The van der Waals surface area contributed by atoms with Crippen molar-refractivity contribution in [2.45, 2.75) is 44.9 Å². The van der Waals surface area contributed by atoms with Gasteiger partial charge in [-0.05, 0) is 36.5 Å². The molecule has 1 aliphatic carbocycles. The highest BCUT2D eigenvalue weighted by molar-refractivity contribution is 6.42. The number of carbonyl (C=O) groups is 2. The summed E-state index contributed by atoms with van der Waals surface area (Å²) in [4.78, 5) is 23.4. The standard InChI is InChI=1S/C16H19Cl2NO3/c17-12-5-4-11(8-13(12)18)19-14(20)9-16(10-15(21)22)6-2-1-3-7-16/h4-5,8H,1-3,6-7,9-10H2,(H,19,20)(H,21,22).